The molecule has 34 heavy (non-hydrogen) atoms. The summed E-state index contributed by atoms with van der Waals surface area (Å²) in [5.41, 5.74) is 0.202. The second-order valence-electron chi connectivity index (χ2n) is 8.71. The Morgan fingerprint density at radius 2 is 1.94 bits per heavy atom. The first-order chi connectivity index (χ1) is 16.5. The number of alkyl halides is 2. The predicted molar refractivity (Wildman–Crippen MR) is 119 cm³/mol. The number of hydrogen-bond donors (Lipinski definition) is 2. The lowest BCUT2D eigenvalue weighted by Gasteiger charge is -2.28. The first kappa shape index (κ1) is 22.7. The molecule has 12 heteroatoms. The van der Waals surface area contributed by atoms with E-state index in [0.717, 1.165) is 12.8 Å². The molecule has 0 bridgehead atoms. The molecule has 1 saturated heterocycles. The van der Waals surface area contributed by atoms with Crippen LogP contribution in [0.2, 0.25) is 0 Å². The maximum Gasteiger partial charge on any atom is 0.282 e. The highest BCUT2D eigenvalue weighted by atomic mass is 19.3. The first-order valence-corrected chi connectivity index (χ1v) is 11.5. The van der Waals surface area contributed by atoms with Gasteiger partial charge >= 0.3 is 0 Å². The largest absolute Gasteiger partial charge is 0.396 e. The number of ether oxygens (including phenoxy) is 1. The average molecular weight is 476 g/mol. The van der Waals surface area contributed by atoms with Gasteiger partial charge in [0.25, 0.3) is 12.3 Å². The molecule has 0 aromatic carbocycles. The quantitative estimate of drug-likeness (QED) is 0.564. The Balaban J connectivity index is 1.38. The molecule has 1 amide bonds. The van der Waals surface area contributed by atoms with E-state index >= 15 is 0 Å². The van der Waals surface area contributed by atoms with Crippen LogP contribution in [0.15, 0.2) is 24.7 Å². The van der Waals surface area contributed by atoms with Gasteiger partial charge in [0.05, 0.1) is 37.3 Å². The molecule has 1 aliphatic heterocycles. The van der Waals surface area contributed by atoms with E-state index in [0.29, 0.717) is 50.6 Å². The minimum Gasteiger partial charge on any atom is -0.396 e. The first-order valence-electron chi connectivity index (χ1n) is 11.5. The number of rotatable bonds is 6. The third kappa shape index (κ3) is 4.34. The van der Waals surface area contributed by atoms with Crippen LogP contribution in [0.3, 0.4) is 0 Å². The lowest BCUT2D eigenvalue weighted by molar-refractivity contribution is 0.102. The minimum absolute atomic E-state index is 0.0204. The zero-order valence-electron chi connectivity index (χ0n) is 18.6. The predicted octanol–water partition coefficient (Wildman–Crippen LogP) is 2.68. The van der Waals surface area contributed by atoms with Gasteiger partial charge in [0.15, 0.2) is 5.65 Å². The van der Waals surface area contributed by atoms with Crippen molar-refractivity contribution < 1.29 is 23.4 Å². The van der Waals surface area contributed by atoms with Crippen LogP contribution in [0.4, 0.5) is 20.3 Å². The molecule has 2 N–H and O–H groups in total. The summed E-state index contributed by atoms with van der Waals surface area (Å²) in [6, 6.07) is 1.63. The number of nitrogens with zero attached hydrogens (tertiary/aromatic N) is 6. The van der Waals surface area contributed by atoms with Crippen molar-refractivity contribution in [1.29, 1.82) is 0 Å². The summed E-state index contributed by atoms with van der Waals surface area (Å²) in [4.78, 5) is 19.7. The number of carbonyl (C=O) groups is 1. The van der Waals surface area contributed by atoms with E-state index in [-0.39, 0.29) is 35.5 Å². The van der Waals surface area contributed by atoms with Crippen molar-refractivity contribution >= 4 is 23.1 Å². The number of amides is 1. The van der Waals surface area contributed by atoms with Gasteiger partial charge in [-0.25, -0.2) is 18.3 Å². The molecule has 2 fully saturated rings. The monoisotopic (exact) mass is 475 g/mol. The van der Waals surface area contributed by atoms with Crippen molar-refractivity contribution in [3.63, 3.8) is 0 Å². The summed E-state index contributed by atoms with van der Waals surface area (Å²) in [5.74, 6) is 0.323. The van der Waals surface area contributed by atoms with Gasteiger partial charge in [-0.2, -0.15) is 10.2 Å². The van der Waals surface area contributed by atoms with Crippen LogP contribution < -0.4 is 10.2 Å². The molecule has 0 spiro atoms. The topological polar surface area (TPSA) is 110 Å². The number of hydrogen-bond acceptors (Lipinski definition) is 7. The maximum absolute atomic E-state index is 14.0. The molecule has 1 saturated carbocycles. The van der Waals surface area contributed by atoms with E-state index in [4.69, 9.17) is 4.74 Å². The number of morpholine rings is 1. The zero-order chi connectivity index (χ0) is 23.7. The lowest BCUT2D eigenvalue weighted by atomic mass is 9.86. The number of nitrogens with one attached hydrogen (secondary N) is 1. The zero-order valence-corrected chi connectivity index (χ0v) is 18.6. The van der Waals surface area contributed by atoms with Gasteiger partial charge in [0.2, 0.25) is 0 Å². The van der Waals surface area contributed by atoms with Gasteiger partial charge < -0.3 is 20.1 Å². The van der Waals surface area contributed by atoms with Crippen molar-refractivity contribution in [1.82, 2.24) is 24.4 Å². The second-order valence-corrected chi connectivity index (χ2v) is 8.71. The molecule has 182 valence electrons. The van der Waals surface area contributed by atoms with Crippen LogP contribution in [0.5, 0.6) is 0 Å². The highest BCUT2D eigenvalue weighted by Gasteiger charge is 2.29. The number of fused-ring (bicyclic) bond motifs is 1. The summed E-state index contributed by atoms with van der Waals surface area (Å²) in [5, 5.41) is 20.3. The number of halogens is 2. The SMILES string of the molecule is O=C(Nc1cnn([C@H]2CC[C@H](CO)CC2)c1C(F)F)c1cnn2ccc(N3CCOCC3)nc12. The molecule has 0 unspecified atom stereocenters. The third-order valence-corrected chi connectivity index (χ3v) is 6.64. The average Bonchev–Trinajstić information content (AvgIpc) is 3.48. The molecule has 0 radical (unpaired) electrons. The molecule has 0 atom stereocenters. The van der Waals surface area contributed by atoms with Crippen LogP contribution in [0.1, 0.15) is 54.2 Å². The number of aromatic nitrogens is 5. The summed E-state index contributed by atoms with van der Waals surface area (Å²) in [7, 11) is 0. The molecule has 4 heterocycles. The van der Waals surface area contributed by atoms with E-state index < -0.39 is 12.3 Å². The van der Waals surface area contributed by atoms with Crippen LogP contribution in [-0.4, -0.2) is 68.3 Å². The number of aliphatic hydroxyl groups excluding tert-OH is 1. The highest BCUT2D eigenvalue weighted by Crippen LogP contribution is 2.37. The van der Waals surface area contributed by atoms with Gasteiger partial charge in [-0.05, 0) is 37.7 Å². The van der Waals surface area contributed by atoms with Gasteiger partial charge in [-0.1, -0.05) is 0 Å². The molecular weight excluding hydrogens is 448 g/mol. The van der Waals surface area contributed by atoms with Crippen molar-refractivity contribution in [3.8, 4) is 0 Å². The van der Waals surface area contributed by atoms with Crippen LogP contribution in [0.25, 0.3) is 5.65 Å². The van der Waals surface area contributed by atoms with Crippen molar-refractivity contribution in [2.24, 2.45) is 5.92 Å². The molecule has 2 aliphatic rings. The van der Waals surface area contributed by atoms with Crippen LogP contribution in [-0.2, 0) is 4.74 Å². The van der Waals surface area contributed by atoms with Crippen molar-refractivity contribution in [2.45, 2.75) is 38.2 Å². The van der Waals surface area contributed by atoms with Crippen molar-refractivity contribution in [2.75, 3.05) is 43.1 Å². The van der Waals surface area contributed by atoms with Crippen molar-refractivity contribution in [3.05, 3.63) is 35.9 Å². The molecule has 10 nitrogen and oxygen atoms in total. The summed E-state index contributed by atoms with van der Waals surface area (Å²) < 4.78 is 36.2. The van der Waals surface area contributed by atoms with E-state index in [1.807, 2.05) is 6.07 Å². The van der Waals surface area contributed by atoms with Gasteiger partial charge in [-0.3, -0.25) is 9.48 Å². The van der Waals surface area contributed by atoms with E-state index in [1.165, 1.54) is 21.6 Å². The Morgan fingerprint density at radius 1 is 1.18 bits per heavy atom. The summed E-state index contributed by atoms with van der Waals surface area (Å²) in [6.45, 7) is 2.69. The molecule has 3 aromatic rings. The molecule has 5 rings (SSSR count). The number of aliphatic hydroxyl groups is 1. The van der Waals surface area contributed by atoms with Crippen LogP contribution >= 0.6 is 0 Å². The second kappa shape index (κ2) is 9.63. The minimum atomic E-state index is -2.80. The molecule has 3 aromatic heterocycles. The van der Waals surface area contributed by atoms with Gasteiger partial charge in [0.1, 0.15) is 17.1 Å². The fourth-order valence-electron chi connectivity index (χ4n) is 4.73. The number of anilines is 2. The molecular formula is C22H27F2N7O3. The Bertz CT molecular complexity index is 1150. The van der Waals surface area contributed by atoms with Gasteiger partial charge in [-0.15, -0.1) is 0 Å². The Kier molecular flexibility index (Phi) is 6.42. The Labute approximate surface area is 194 Å². The number of carbonyl (C=O) groups excluding carboxylic acids is 1. The fourth-order valence-corrected chi connectivity index (χ4v) is 4.73. The molecule has 1 aliphatic carbocycles. The Morgan fingerprint density at radius 3 is 2.65 bits per heavy atom. The fraction of sp³-hybridized carbons (Fsp3) is 0.545. The van der Waals surface area contributed by atoms with Crippen LogP contribution in [0, 0.1) is 5.92 Å². The smallest absolute Gasteiger partial charge is 0.282 e. The van der Waals surface area contributed by atoms with E-state index in [2.05, 4.69) is 25.4 Å². The summed E-state index contributed by atoms with van der Waals surface area (Å²) in [6.07, 6.45) is 4.39. The highest BCUT2D eigenvalue weighted by molar-refractivity contribution is 6.08. The third-order valence-electron chi connectivity index (χ3n) is 6.64. The maximum atomic E-state index is 14.0. The Hall–Kier alpha value is -3.12. The lowest BCUT2D eigenvalue weighted by Crippen LogP contribution is -2.36. The van der Waals surface area contributed by atoms with Gasteiger partial charge in [0, 0.05) is 25.9 Å². The van der Waals surface area contributed by atoms with E-state index in [1.54, 1.807) is 6.20 Å². The standard InChI is InChI=1S/C22H27F2N7O3/c23-20(24)19-17(12-26-31(19)15-3-1-14(13-32)2-4-15)27-22(33)16-11-25-30-6-5-18(28-21(16)30)29-7-9-34-10-8-29/h5-6,11-12,14-15,20,32H,1-4,7-10,13H2,(H,27,33)/t14-,15-. The summed E-state index contributed by atoms with van der Waals surface area (Å²) >= 11 is 0. The van der Waals surface area contributed by atoms with E-state index in [9.17, 15) is 18.7 Å². The normalized spacial score (nSPS) is 21.4.